The average Bonchev–Trinajstić information content (AvgIpc) is 3.29. The lowest BCUT2D eigenvalue weighted by atomic mass is 10.00. The second-order valence-electron chi connectivity index (χ2n) is 5.48. The third-order valence-electron chi connectivity index (χ3n) is 3.95. The number of nitriles is 1. The molecule has 1 saturated carbocycles. The quantitative estimate of drug-likeness (QED) is 0.645. The molecule has 5 nitrogen and oxygen atoms in total. The van der Waals surface area contributed by atoms with Crippen LogP contribution in [0.4, 0.5) is 0 Å². The van der Waals surface area contributed by atoms with Crippen molar-refractivity contribution in [3.05, 3.63) is 35.4 Å². The van der Waals surface area contributed by atoms with Crippen LogP contribution < -0.4 is 5.32 Å². The fourth-order valence-electron chi connectivity index (χ4n) is 2.52. The number of hydrogen-bond donors (Lipinski definition) is 1. The number of ether oxygens (including phenoxy) is 1. The third-order valence-corrected chi connectivity index (χ3v) is 3.95. The molecule has 1 aromatic rings. The first kappa shape index (κ1) is 16.0. The maximum Gasteiger partial charge on any atom is 0.318 e. The van der Waals surface area contributed by atoms with Crippen LogP contribution in [0.2, 0.25) is 0 Å². The van der Waals surface area contributed by atoms with Crippen molar-refractivity contribution in [2.75, 3.05) is 6.61 Å². The highest BCUT2D eigenvalue weighted by molar-refractivity contribution is 5.98. The minimum atomic E-state index is -0.781. The number of amides is 1. The van der Waals surface area contributed by atoms with Crippen LogP contribution in [0.1, 0.15) is 44.2 Å². The predicted octanol–water partition coefficient (Wildman–Crippen LogP) is 2.25. The molecule has 0 unspecified atom stereocenters. The number of esters is 1. The van der Waals surface area contributed by atoms with Gasteiger partial charge in [-0.15, -0.1) is 0 Å². The predicted molar refractivity (Wildman–Crippen MR) is 80.6 cm³/mol. The molecule has 1 atom stereocenters. The van der Waals surface area contributed by atoms with E-state index in [4.69, 9.17) is 10.00 Å². The molecule has 1 aliphatic rings. The van der Waals surface area contributed by atoms with Gasteiger partial charge in [0.05, 0.1) is 23.8 Å². The molecular weight excluding hydrogens is 280 g/mol. The lowest BCUT2D eigenvalue weighted by molar-refractivity contribution is -0.152. The van der Waals surface area contributed by atoms with Crippen molar-refractivity contribution in [3.8, 4) is 6.07 Å². The molecule has 1 N–H and O–H groups in total. The first-order valence-electron chi connectivity index (χ1n) is 7.55. The highest BCUT2D eigenvalue weighted by Gasteiger charge is 2.47. The van der Waals surface area contributed by atoms with E-state index in [9.17, 15) is 9.59 Å². The molecule has 2 rings (SSSR count). The highest BCUT2D eigenvalue weighted by atomic mass is 16.5. The zero-order chi connectivity index (χ0) is 16.2. The van der Waals surface area contributed by atoms with Gasteiger partial charge in [-0.05, 0) is 43.9 Å². The Morgan fingerprint density at radius 3 is 2.68 bits per heavy atom. The number of nitrogens with one attached hydrogen (secondary N) is 1. The van der Waals surface area contributed by atoms with Gasteiger partial charge in [-0.25, -0.2) is 0 Å². The Bertz CT molecular complexity index is 615. The molecule has 1 aliphatic carbocycles. The molecule has 0 heterocycles. The van der Waals surface area contributed by atoms with Crippen LogP contribution in [0.25, 0.3) is 0 Å². The number of benzene rings is 1. The van der Waals surface area contributed by atoms with Gasteiger partial charge in [0.15, 0.2) is 0 Å². The Hall–Kier alpha value is -2.35. The minimum absolute atomic E-state index is 0.262. The van der Waals surface area contributed by atoms with Gasteiger partial charge in [0.2, 0.25) is 5.91 Å². The van der Waals surface area contributed by atoms with Gasteiger partial charge in [0.25, 0.3) is 0 Å². The van der Waals surface area contributed by atoms with E-state index in [-0.39, 0.29) is 12.5 Å². The maximum absolute atomic E-state index is 12.4. The van der Waals surface area contributed by atoms with Gasteiger partial charge in [0, 0.05) is 0 Å². The van der Waals surface area contributed by atoms with Crippen molar-refractivity contribution < 1.29 is 14.3 Å². The molecule has 1 fully saturated rings. The van der Waals surface area contributed by atoms with Gasteiger partial charge in [-0.3, -0.25) is 9.59 Å². The molecule has 22 heavy (non-hydrogen) atoms. The Morgan fingerprint density at radius 1 is 1.41 bits per heavy atom. The van der Waals surface area contributed by atoms with E-state index in [1.165, 1.54) is 0 Å². The van der Waals surface area contributed by atoms with Crippen molar-refractivity contribution in [3.63, 3.8) is 0 Å². The summed E-state index contributed by atoms with van der Waals surface area (Å²) in [6.45, 7) is 3.77. The van der Waals surface area contributed by atoms with E-state index in [1.807, 2.05) is 12.1 Å². The fourth-order valence-corrected chi connectivity index (χ4v) is 2.52. The molecule has 0 aliphatic heterocycles. The molecule has 0 aromatic heterocycles. The first-order chi connectivity index (χ1) is 10.6. The smallest absolute Gasteiger partial charge is 0.318 e. The van der Waals surface area contributed by atoms with Crippen LogP contribution in [0, 0.1) is 17.2 Å². The average molecular weight is 300 g/mol. The Morgan fingerprint density at radius 2 is 2.14 bits per heavy atom. The van der Waals surface area contributed by atoms with Gasteiger partial charge >= 0.3 is 5.97 Å². The summed E-state index contributed by atoms with van der Waals surface area (Å²) in [5.41, 5.74) is 1.04. The van der Waals surface area contributed by atoms with Crippen LogP contribution in [0.3, 0.4) is 0 Å². The highest BCUT2D eigenvalue weighted by Crippen LogP contribution is 2.45. The largest absolute Gasteiger partial charge is 0.465 e. The number of carbonyl (C=O) groups is 2. The Kier molecular flexibility index (Phi) is 4.81. The van der Waals surface area contributed by atoms with E-state index in [0.717, 1.165) is 18.4 Å². The molecule has 0 spiro atoms. The Balaban J connectivity index is 2.13. The van der Waals surface area contributed by atoms with E-state index in [0.29, 0.717) is 12.0 Å². The molecule has 5 heteroatoms. The standard InChI is InChI=1S/C17H20N2O3/c1-3-14(16(21)22-4-2)15(20)19-17(8-9-17)13-7-5-6-12(10-13)11-18/h5-7,10,14H,3-4,8-9H2,1-2H3,(H,19,20)/t14-/m0/s1. The van der Waals surface area contributed by atoms with Crippen molar-refractivity contribution in [1.82, 2.24) is 5.32 Å². The summed E-state index contributed by atoms with van der Waals surface area (Å²) in [5.74, 6) is -1.57. The molecule has 1 amide bonds. The summed E-state index contributed by atoms with van der Waals surface area (Å²) in [5, 5.41) is 12.0. The van der Waals surface area contributed by atoms with Crippen LogP contribution >= 0.6 is 0 Å². The summed E-state index contributed by atoms with van der Waals surface area (Å²) in [4.78, 5) is 24.2. The van der Waals surface area contributed by atoms with Crippen molar-refractivity contribution in [1.29, 1.82) is 5.26 Å². The van der Waals surface area contributed by atoms with Crippen LogP contribution in [0.5, 0.6) is 0 Å². The zero-order valence-electron chi connectivity index (χ0n) is 12.9. The van der Waals surface area contributed by atoms with Gasteiger partial charge in [-0.2, -0.15) is 5.26 Å². The molecule has 1 aromatic carbocycles. The van der Waals surface area contributed by atoms with E-state index in [2.05, 4.69) is 11.4 Å². The third kappa shape index (κ3) is 3.28. The summed E-state index contributed by atoms with van der Waals surface area (Å²) in [6.07, 6.45) is 2.03. The lowest BCUT2D eigenvalue weighted by Gasteiger charge is -2.21. The normalized spacial score (nSPS) is 16.2. The van der Waals surface area contributed by atoms with E-state index in [1.54, 1.807) is 26.0 Å². The summed E-state index contributed by atoms with van der Waals surface area (Å²) < 4.78 is 4.95. The number of carbonyl (C=O) groups excluding carboxylic acids is 2. The summed E-state index contributed by atoms with van der Waals surface area (Å²) in [6, 6.07) is 9.33. The van der Waals surface area contributed by atoms with Crippen molar-refractivity contribution >= 4 is 11.9 Å². The topological polar surface area (TPSA) is 79.2 Å². The second-order valence-corrected chi connectivity index (χ2v) is 5.48. The maximum atomic E-state index is 12.4. The first-order valence-corrected chi connectivity index (χ1v) is 7.55. The molecule has 0 radical (unpaired) electrons. The number of rotatable bonds is 6. The van der Waals surface area contributed by atoms with Crippen molar-refractivity contribution in [2.24, 2.45) is 5.92 Å². The van der Waals surface area contributed by atoms with E-state index >= 15 is 0 Å². The van der Waals surface area contributed by atoms with Crippen LogP contribution in [-0.4, -0.2) is 18.5 Å². The monoisotopic (exact) mass is 300 g/mol. The SMILES string of the molecule is CCOC(=O)[C@@H](CC)C(=O)NC1(c2cccc(C#N)c2)CC1. The number of nitrogens with zero attached hydrogens (tertiary/aromatic N) is 1. The molecule has 0 saturated heterocycles. The van der Waals surface area contributed by atoms with Gasteiger partial charge in [-0.1, -0.05) is 19.1 Å². The minimum Gasteiger partial charge on any atom is -0.465 e. The molecule has 0 bridgehead atoms. The lowest BCUT2D eigenvalue weighted by Crippen LogP contribution is -2.42. The summed E-state index contributed by atoms with van der Waals surface area (Å²) in [7, 11) is 0. The summed E-state index contributed by atoms with van der Waals surface area (Å²) >= 11 is 0. The zero-order valence-corrected chi connectivity index (χ0v) is 12.9. The molecular formula is C17H20N2O3. The van der Waals surface area contributed by atoms with E-state index < -0.39 is 17.4 Å². The second kappa shape index (κ2) is 6.61. The fraction of sp³-hybridized carbons (Fsp3) is 0.471. The van der Waals surface area contributed by atoms with Crippen LogP contribution in [0.15, 0.2) is 24.3 Å². The van der Waals surface area contributed by atoms with Crippen LogP contribution in [-0.2, 0) is 19.9 Å². The van der Waals surface area contributed by atoms with Crippen molar-refractivity contribution in [2.45, 2.75) is 38.6 Å². The molecule has 116 valence electrons. The van der Waals surface area contributed by atoms with Gasteiger partial charge in [0.1, 0.15) is 5.92 Å². The number of hydrogen-bond acceptors (Lipinski definition) is 4. The Labute approximate surface area is 130 Å². The van der Waals surface area contributed by atoms with Gasteiger partial charge < -0.3 is 10.1 Å².